The molecule has 1 aromatic carbocycles. The van der Waals surface area contributed by atoms with Crippen LogP contribution in [0.5, 0.6) is 11.5 Å². The molecule has 0 aliphatic rings. The quantitative estimate of drug-likeness (QED) is 0.371. The van der Waals surface area contributed by atoms with Crippen molar-refractivity contribution in [3.05, 3.63) is 29.8 Å². The standard InChI is InChI=1S/C13H13NO7/c15-9-3-1-7(5-10(9)16)2-4-11(17)14-8(13(20)21)6-12(18)19/h1-5,8,15-16H,6H2,(H,14,17)(H,18,19)(H,20,21)/b4-2+. The summed E-state index contributed by atoms with van der Waals surface area (Å²) in [6.45, 7) is 0. The van der Waals surface area contributed by atoms with E-state index in [-0.39, 0.29) is 11.5 Å². The molecule has 1 atom stereocenters. The molecule has 1 rings (SSSR count). The number of hydrogen-bond donors (Lipinski definition) is 5. The third-order valence-corrected chi connectivity index (χ3v) is 2.42. The summed E-state index contributed by atoms with van der Waals surface area (Å²) in [5.74, 6) is -4.29. The number of carbonyl (C=O) groups is 3. The van der Waals surface area contributed by atoms with Crippen LogP contribution in [0.2, 0.25) is 0 Å². The number of nitrogens with one attached hydrogen (secondary N) is 1. The van der Waals surface area contributed by atoms with Gasteiger partial charge in [0.1, 0.15) is 6.04 Å². The number of benzene rings is 1. The van der Waals surface area contributed by atoms with Crippen molar-refractivity contribution in [3.8, 4) is 11.5 Å². The molecule has 0 aliphatic carbocycles. The van der Waals surface area contributed by atoms with E-state index in [1.807, 2.05) is 5.32 Å². The van der Waals surface area contributed by atoms with Gasteiger partial charge in [-0.25, -0.2) is 4.79 Å². The van der Waals surface area contributed by atoms with Gasteiger partial charge in [0.05, 0.1) is 6.42 Å². The number of carboxylic acids is 2. The predicted molar refractivity (Wildman–Crippen MR) is 70.6 cm³/mol. The van der Waals surface area contributed by atoms with Gasteiger partial charge >= 0.3 is 11.9 Å². The van der Waals surface area contributed by atoms with Crippen molar-refractivity contribution >= 4 is 23.9 Å². The Morgan fingerprint density at radius 1 is 1.14 bits per heavy atom. The van der Waals surface area contributed by atoms with E-state index in [1.165, 1.54) is 24.3 Å². The Morgan fingerprint density at radius 3 is 2.33 bits per heavy atom. The van der Waals surface area contributed by atoms with E-state index in [2.05, 4.69) is 0 Å². The van der Waals surface area contributed by atoms with Crippen LogP contribution in [0.25, 0.3) is 6.08 Å². The van der Waals surface area contributed by atoms with Gasteiger partial charge in [0, 0.05) is 6.08 Å². The largest absolute Gasteiger partial charge is 0.504 e. The van der Waals surface area contributed by atoms with E-state index in [1.54, 1.807) is 0 Å². The van der Waals surface area contributed by atoms with Gasteiger partial charge in [-0.1, -0.05) is 6.07 Å². The Kier molecular flexibility index (Phi) is 5.30. The first-order valence-corrected chi connectivity index (χ1v) is 5.74. The van der Waals surface area contributed by atoms with Crippen LogP contribution in [0.3, 0.4) is 0 Å². The summed E-state index contributed by atoms with van der Waals surface area (Å²) in [4.78, 5) is 32.7. The number of phenolic OH excluding ortho intramolecular Hbond substituents is 2. The molecule has 1 unspecified atom stereocenters. The second kappa shape index (κ2) is 6.94. The lowest BCUT2D eigenvalue weighted by atomic mass is 10.1. The molecule has 8 nitrogen and oxygen atoms in total. The topological polar surface area (TPSA) is 144 Å². The molecule has 0 aliphatic heterocycles. The minimum atomic E-state index is -1.53. The van der Waals surface area contributed by atoms with Gasteiger partial charge in [0.2, 0.25) is 5.91 Å². The minimum absolute atomic E-state index is 0.316. The number of carboxylic acid groups (broad SMARTS) is 2. The number of aliphatic carboxylic acids is 2. The van der Waals surface area contributed by atoms with Crippen LogP contribution in [0.1, 0.15) is 12.0 Å². The zero-order valence-electron chi connectivity index (χ0n) is 10.7. The van der Waals surface area contributed by atoms with Gasteiger partial charge in [-0.2, -0.15) is 0 Å². The van der Waals surface area contributed by atoms with Gasteiger partial charge in [-0.15, -0.1) is 0 Å². The van der Waals surface area contributed by atoms with Crippen molar-refractivity contribution in [3.63, 3.8) is 0 Å². The van der Waals surface area contributed by atoms with Crippen LogP contribution < -0.4 is 5.32 Å². The summed E-state index contributed by atoms with van der Waals surface area (Å²) in [5.41, 5.74) is 0.394. The number of carbonyl (C=O) groups excluding carboxylic acids is 1. The van der Waals surface area contributed by atoms with Crippen LogP contribution in [0, 0.1) is 0 Å². The average Bonchev–Trinajstić information content (AvgIpc) is 2.38. The van der Waals surface area contributed by atoms with Crippen LogP contribution >= 0.6 is 0 Å². The van der Waals surface area contributed by atoms with Gasteiger partial charge in [-0.05, 0) is 23.8 Å². The van der Waals surface area contributed by atoms with Gasteiger partial charge in [0.15, 0.2) is 11.5 Å². The molecule has 21 heavy (non-hydrogen) atoms. The summed E-state index contributed by atoms with van der Waals surface area (Å²) in [6.07, 6.45) is 1.52. The molecule has 0 heterocycles. The van der Waals surface area contributed by atoms with Gasteiger partial charge in [-0.3, -0.25) is 9.59 Å². The second-order valence-electron chi connectivity index (χ2n) is 4.08. The predicted octanol–water partition coefficient (Wildman–Crippen LogP) is 0.155. The Bertz CT molecular complexity index is 594. The Morgan fingerprint density at radius 2 is 1.81 bits per heavy atom. The van der Waals surface area contributed by atoms with E-state index in [4.69, 9.17) is 15.3 Å². The van der Waals surface area contributed by atoms with E-state index in [0.29, 0.717) is 5.56 Å². The molecule has 0 fully saturated rings. The molecule has 1 amide bonds. The molecule has 0 aromatic heterocycles. The SMILES string of the molecule is O=C(O)CC(NC(=O)/C=C/c1ccc(O)c(O)c1)C(=O)O. The lowest BCUT2D eigenvalue weighted by molar-refractivity contribution is -0.146. The summed E-state index contributed by atoms with van der Waals surface area (Å²) in [5, 5.41) is 37.7. The zero-order chi connectivity index (χ0) is 16.0. The maximum absolute atomic E-state index is 11.5. The lowest BCUT2D eigenvalue weighted by Crippen LogP contribution is -2.41. The van der Waals surface area contributed by atoms with Crippen LogP contribution in [0.4, 0.5) is 0 Å². The Labute approximate surface area is 119 Å². The lowest BCUT2D eigenvalue weighted by Gasteiger charge is -2.10. The summed E-state index contributed by atoms with van der Waals surface area (Å²) in [7, 11) is 0. The first-order valence-electron chi connectivity index (χ1n) is 5.74. The third-order valence-electron chi connectivity index (χ3n) is 2.42. The summed E-state index contributed by atoms with van der Waals surface area (Å²) < 4.78 is 0. The highest BCUT2D eigenvalue weighted by Gasteiger charge is 2.21. The Balaban J connectivity index is 2.70. The maximum Gasteiger partial charge on any atom is 0.326 e. The highest BCUT2D eigenvalue weighted by Crippen LogP contribution is 2.25. The molecule has 0 saturated heterocycles. The second-order valence-corrected chi connectivity index (χ2v) is 4.08. The fourth-order valence-corrected chi connectivity index (χ4v) is 1.41. The van der Waals surface area contributed by atoms with E-state index < -0.39 is 30.3 Å². The van der Waals surface area contributed by atoms with Crippen molar-refractivity contribution < 1.29 is 34.8 Å². The molecule has 0 bridgehead atoms. The molecule has 112 valence electrons. The normalized spacial score (nSPS) is 12.0. The zero-order valence-corrected chi connectivity index (χ0v) is 10.7. The molecular formula is C13H13NO7. The first-order chi connectivity index (χ1) is 9.79. The van der Waals surface area contributed by atoms with Gasteiger partial charge < -0.3 is 25.7 Å². The van der Waals surface area contributed by atoms with Crippen molar-refractivity contribution in [2.24, 2.45) is 0 Å². The molecular weight excluding hydrogens is 282 g/mol. The molecule has 0 radical (unpaired) electrons. The summed E-state index contributed by atoms with van der Waals surface area (Å²) in [6, 6.07) is 2.31. The summed E-state index contributed by atoms with van der Waals surface area (Å²) >= 11 is 0. The fraction of sp³-hybridized carbons (Fsp3) is 0.154. The number of rotatable bonds is 6. The monoisotopic (exact) mass is 295 g/mol. The van der Waals surface area contributed by atoms with Crippen LogP contribution in [-0.4, -0.2) is 44.3 Å². The van der Waals surface area contributed by atoms with E-state index in [0.717, 1.165) is 6.08 Å². The number of aromatic hydroxyl groups is 2. The third kappa shape index (κ3) is 5.23. The van der Waals surface area contributed by atoms with E-state index >= 15 is 0 Å². The maximum atomic E-state index is 11.5. The first kappa shape index (κ1) is 16.0. The Hall–Kier alpha value is -3.03. The highest BCUT2D eigenvalue weighted by atomic mass is 16.4. The van der Waals surface area contributed by atoms with Crippen molar-refractivity contribution in [2.75, 3.05) is 0 Å². The van der Waals surface area contributed by atoms with E-state index in [9.17, 15) is 19.5 Å². The fourth-order valence-electron chi connectivity index (χ4n) is 1.41. The highest BCUT2D eigenvalue weighted by molar-refractivity contribution is 5.95. The average molecular weight is 295 g/mol. The van der Waals surface area contributed by atoms with Crippen molar-refractivity contribution in [1.29, 1.82) is 0 Å². The minimum Gasteiger partial charge on any atom is -0.504 e. The molecule has 5 N–H and O–H groups in total. The van der Waals surface area contributed by atoms with Gasteiger partial charge in [0.25, 0.3) is 0 Å². The molecule has 0 saturated carbocycles. The number of phenols is 2. The smallest absolute Gasteiger partial charge is 0.326 e. The molecule has 1 aromatic rings. The van der Waals surface area contributed by atoms with Crippen LogP contribution in [-0.2, 0) is 14.4 Å². The van der Waals surface area contributed by atoms with Crippen molar-refractivity contribution in [2.45, 2.75) is 12.5 Å². The number of amides is 1. The van der Waals surface area contributed by atoms with Crippen LogP contribution in [0.15, 0.2) is 24.3 Å². The van der Waals surface area contributed by atoms with Crippen molar-refractivity contribution in [1.82, 2.24) is 5.32 Å². The number of hydrogen-bond acceptors (Lipinski definition) is 5. The molecule has 0 spiro atoms. The molecule has 8 heteroatoms.